The van der Waals surface area contributed by atoms with Crippen LogP contribution in [0.25, 0.3) is 0 Å². The Morgan fingerprint density at radius 2 is 2.31 bits per heavy atom. The van der Waals surface area contributed by atoms with E-state index in [-0.39, 0.29) is 0 Å². The molecule has 0 bridgehead atoms. The minimum absolute atomic E-state index is 0.293. The van der Waals surface area contributed by atoms with Gasteiger partial charge in [0.15, 0.2) is 0 Å². The SMILES string of the molecule is CCOC(=O)C1CCNC1C(=O)O. The Hall–Kier alpha value is -1.10. The second kappa shape index (κ2) is 4.23. The lowest BCUT2D eigenvalue weighted by Crippen LogP contribution is -2.39. The van der Waals surface area contributed by atoms with E-state index in [9.17, 15) is 9.59 Å². The number of nitrogens with one attached hydrogen (secondary N) is 1. The van der Waals surface area contributed by atoms with Crippen LogP contribution in [0.5, 0.6) is 0 Å². The Morgan fingerprint density at radius 3 is 2.85 bits per heavy atom. The van der Waals surface area contributed by atoms with Crippen molar-refractivity contribution in [3.63, 3.8) is 0 Å². The van der Waals surface area contributed by atoms with Crippen molar-refractivity contribution in [3.8, 4) is 0 Å². The molecular weight excluding hydrogens is 174 g/mol. The van der Waals surface area contributed by atoms with Crippen LogP contribution >= 0.6 is 0 Å². The Balaban J connectivity index is 2.57. The number of hydrogen-bond acceptors (Lipinski definition) is 4. The Labute approximate surface area is 76.1 Å². The van der Waals surface area contributed by atoms with Crippen LogP contribution < -0.4 is 5.32 Å². The number of hydrogen-bond donors (Lipinski definition) is 2. The molecule has 1 fully saturated rings. The van der Waals surface area contributed by atoms with Crippen LogP contribution in [0, 0.1) is 5.92 Å². The molecule has 1 heterocycles. The van der Waals surface area contributed by atoms with E-state index in [1.807, 2.05) is 0 Å². The van der Waals surface area contributed by atoms with Gasteiger partial charge >= 0.3 is 11.9 Å². The molecule has 5 heteroatoms. The zero-order chi connectivity index (χ0) is 9.84. The molecule has 0 spiro atoms. The van der Waals surface area contributed by atoms with Gasteiger partial charge in [0.25, 0.3) is 0 Å². The van der Waals surface area contributed by atoms with E-state index in [1.165, 1.54) is 0 Å². The van der Waals surface area contributed by atoms with Crippen LogP contribution in [-0.4, -0.2) is 36.2 Å². The van der Waals surface area contributed by atoms with Crippen LogP contribution in [0.1, 0.15) is 13.3 Å². The first-order chi connectivity index (χ1) is 6.16. The van der Waals surface area contributed by atoms with Crippen molar-refractivity contribution < 1.29 is 19.4 Å². The van der Waals surface area contributed by atoms with Gasteiger partial charge in [-0.1, -0.05) is 0 Å². The summed E-state index contributed by atoms with van der Waals surface area (Å²) in [5.41, 5.74) is 0. The molecule has 0 aromatic rings. The molecule has 0 aromatic heterocycles. The fraction of sp³-hybridized carbons (Fsp3) is 0.750. The van der Waals surface area contributed by atoms with Crippen LogP contribution in [0.15, 0.2) is 0 Å². The first kappa shape index (κ1) is 9.98. The molecule has 1 aliphatic heterocycles. The smallest absolute Gasteiger partial charge is 0.321 e. The monoisotopic (exact) mass is 187 g/mol. The Morgan fingerprint density at radius 1 is 1.62 bits per heavy atom. The minimum atomic E-state index is -0.990. The lowest BCUT2D eigenvalue weighted by molar-refractivity contribution is -0.153. The van der Waals surface area contributed by atoms with E-state index in [0.717, 1.165) is 0 Å². The number of rotatable bonds is 3. The fourth-order valence-corrected chi connectivity index (χ4v) is 1.47. The number of aliphatic carboxylic acids is 1. The molecule has 2 N–H and O–H groups in total. The molecule has 2 unspecified atom stereocenters. The van der Waals surface area contributed by atoms with E-state index in [2.05, 4.69) is 5.32 Å². The van der Waals surface area contributed by atoms with Gasteiger partial charge in [-0.3, -0.25) is 9.59 Å². The van der Waals surface area contributed by atoms with Crippen molar-refractivity contribution >= 4 is 11.9 Å². The Kier molecular flexibility index (Phi) is 3.25. The third-order valence-electron chi connectivity index (χ3n) is 2.08. The van der Waals surface area contributed by atoms with Gasteiger partial charge in [0.2, 0.25) is 0 Å². The number of carboxylic acid groups (broad SMARTS) is 1. The maximum absolute atomic E-state index is 11.2. The molecular formula is C8H13NO4. The molecule has 1 saturated heterocycles. The highest BCUT2D eigenvalue weighted by molar-refractivity contribution is 5.84. The van der Waals surface area contributed by atoms with Crippen LogP contribution in [0.2, 0.25) is 0 Å². The summed E-state index contributed by atoms with van der Waals surface area (Å²) < 4.78 is 4.76. The van der Waals surface area contributed by atoms with Gasteiger partial charge in [0.05, 0.1) is 12.5 Å². The predicted octanol–water partition coefficient (Wildman–Crippen LogP) is -0.388. The van der Waals surface area contributed by atoms with Gasteiger partial charge in [-0.2, -0.15) is 0 Å². The van der Waals surface area contributed by atoms with Crippen molar-refractivity contribution in [3.05, 3.63) is 0 Å². The molecule has 0 radical (unpaired) electrons. The highest BCUT2D eigenvalue weighted by Crippen LogP contribution is 2.17. The van der Waals surface area contributed by atoms with Crippen molar-refractivity contribution in [1.82, 2.24) is 5.32 Å². The summed E-state index contributed by atoms with van der Waals surface area (Å²) in [5, 5.41) is 11.5. The Bertz CT molecular complexity index is 216. The molecule has 74 valence electrons. The van der Waals surface area contributed by atoms with Crippen LogP contribution in [0.3, 0.4) is 0 Å². The molecule has 5 nitrogen and oxygen atoms in total. The third-order valence-corrected chi connectivity index (χ3v) is 2.08. The molecule has 1 rings (SSSR count). The average Bonchev–Trinajstić information content (AvgIpc) is 2.52. The lowest BCUT2D eigenvalue weighted by Gasteiger charge is -2.13. The fourth-order valence-electron chi connectivity index (χ4n) is 1.47. The largest absolute Gasteiger partial charge is 0.480 e. The number of ether oxygens (including phenoxy) is 1. The molecule has 0 aliphatic carbocycles. The quantitative estimate of drug-likeness (QED) is 0.588. The van der Waals surface area contributed by atoms with Crippen LogP contribution in [-0.2, 0) is 14.3 Å². The summed E-state index contributed by atoms with van der Waals surface area (Å²) in [5.74, 6) is -1.94. The average molecular weight is 187 g/mol. The van der Waals surface area contributed by atoms with Gasteiger partial charge in [0, 0.05) is 0 Å². The first-order valence-electron chi connectivity index (χ1n) is 4.29. The first-order valence-corrected chi connectivity index (χ1v) is 4.29. The maximum Gasteiger partial charge on any atom is 0.321 e. The molecule has 0 aromatic carbocycles. The normalized spacial score (nSPS) is 27.2. The molecule has 1 aliphatic rings. The number of esters is 1. The summed E-state index contributed by atoms with van der Waals surface area (Å²) in [7, 11) is 0. The van der Waals surface area contributed by atoms with Gasteiger partial charge in [-0.25, -0.2) is 0 Å². The zero-order valence-corrected chi connectivity index (χ0v) is 7.45. The van der Waals surface area contributed by atoms with Gasteiger partial charge < -0.3 is 15.2 Å². The maximum atomic E-state index is 11.2. The van der Waals surface area contributed by atoms with Crippen molar-refractivity contribution in [1.29, 1.82) is 0 Å². The van der Waals surface area contributed by atoms with E-state index in [1.54, 1.807) is 6.92 Å². The standard InChI is InChI=1S/C8H13NO4/c1-2-13-8(12)5-3-4-9-6(5)7(10)11/h5-6,9H,2-4H2,1H3,(H,10,11). The summed E-state index contributed by atoms with van der Waals surface area (Å²) in [6.07, 6.45) is 0.538. The minimum Gasteiger partial charge on any atom is -0.480 e. The molecule has 0 amide bonds. The molecule has 13 heavy (non-hydrogen) atoms. The van der Waals surface area contributed by atoms with E-state index < -0.39 is 23.9 Å². The van der Waals surface area contributed by atoms with E-state index >= 15 is 0 Å². The number of carbonyl (C=O) groups excluding carboxylic acids is 1. The summed E-state index contributed by atoms with van der Waals surface area (Å²) in [4.78, 5) is 21.9. The van der Waals surface area contributed by atoms with E-state index in [4.69, 9.17) is 9.84 Å². The lowest BCUT2D eigenvalue weighted by atomic mass is 10.0. The second-order valence-electron chi connectivity index (χ2n) is 2.92. The van der Waals surface area contributed by atoms with Gasteiger partial charge in [0.1, 0.15) is 6.04 Å². The van der Waals surface area contributed by atoms with Gasteiger partial charge in [-0.05, 0) is 19.9 Å². The highest BCUT2D eigenvalue weighted by Gasteiger charge is 2.38. The second-order valence-corrected chi connectivity index (χ2v) is 2.92. The summed E-state index contributed by atoms with van der Waals surface area (Å²) in [6.45, 7) is 2.55. The van der Waals surface area contributed by atoms with Crippen molar-refractivity contribution in [2.24, 2.45) is 5.92 Å². The number of carboxylic acids is 1. The molecule has 2 atom stereocenters. The van der Waals surface area contributed by atoms with Gasteiger partial charge in [-0.15, -0.1) is 0 Å². The topological polar surface area (TPSA) is 75.6 Å². The number of carbonyl (C=O) groups is 2. The third kappa shape index (κ3) is 2.18. The summed E-state index contributed by atoms with van der Waals surface area (Å²) in [6, 6.07) is -0.779. The van der Waals surface area contributed by atoms with Crippen molar-refractivity contribution in [2.75, 3.05) is 13.2 Å². The van der Waals surface area contributed by atoms with Crippen LogP contribution in [0.4, 0.5) is 0 Å². The molecule has 0 saturated carbocycles. The predicted molar refractivity (Wildman–Crippen MR) is 44.2 cm³/mol. The van der Waals surface area contributed by atoms with E-state index in [0.29, 0.717) is 19.6 Å². The summed E-state index contributed by atoms with van der Waals surface area (Å²) >= 11 is 0. The van der Waals surface area contributed by atoms with Crippen molar-refractivity contribution in [2.45, 2.75) is 19.4 Å². The highest BCUT2D eigenvalue weighted by atomic mass is 16.5. The zero-order valence-electron chi connectivity index (χ0n) is 7.45.